The van der Waals surface area contributed by atoms with E-state index in [4.69, 9.17) is 14.2 Å². The van der Waals surface area contributed by atoms with Gasteiger partial charge in [0.05, 0.1) is 0 Å². The molecule has 0 amide bonds. The molecule has 0 heterocycles. The van der Waals surface area contributed by atoms with E-state index in [0.717, 1.165) is 89.9 Å². The molecule has 6 nitrogen and oxygen atoms in total. The molecule has 6 heteroatoms. The highest BCUT2D eigenvalue weighted by Gasteiger charge is 2.19. The maximum absolute atomic E-state index is 13.0. The first-order valence-electron chi connectivity index (χ1n) is 35.8. The molecule has 0 saturated heterocycles. The minimum atomic E-state index is -0.771. The van der Waals surface area contributed by atoms with E-state index in [-0.39, 0.29) is 31.1 Å². The van der Waals surface area contributed by atoms with Gasteiger partial charge < -0.3 is 14.2 Å². The fourth-order valence-electron chi connectivity index (χ4n) is 10.7. The standard InChI is InChI=1S/C75H136O6/c1-4-7-10-13-16-19-22-25-28-31-32-33-34-35-36-37-38-39-40-41-42-45-47-50-53-56-59-62-65-68-74(77)80-71-72(81-75(78)69-66-63-60-57-54-51-48-44-30-27-24-21-18-15-12-9-6-3)70-79-73(76)67-64-61-58-55-52-49-46-43-29-26-23-20-17-14-11-8-5-2/h7,10,16,19,25,28,32-33,35-36,72H,4-6,8-9,11-15,17-18,20-24,26-27,29-31,34,37-71H2,1-3H3/b10-7-,19-16-,28-25-,33-32-,36-35-. The maximum Gasteiger partial charge on any atom is 0.306 e. The van der Waals surface area contributed by atoms with Crippen LogP contribution >= 0.6 is 0 Å². The van der Waals surface area contributed by atoms with Crippen molar-refractivity contribution in [3.8, 4) is 0 Å². The predicted molar refractivity (Wildman–Crippen MR) is 353 cm³/mol. The molecule has 0 aliphatic rings. The van der Waals surface area contributed by atoms with Crippen LogP contribution in [0.3, 0.4) is 0 Å². The molecule has 0 bridgehead atoms. The summed E-state index contributed by atoms with van der Waals surface area (Å²) in [6.45, 7) is 6.60. The fourth-order valence-corrected chi connectivity index (χ4v) is 10.7. The smallest absolute Gasteiger partial charge is 0.306 e. The van der Waals surface area contributed by atoms with Crippen molar-refractivity contribution in [3.05, 3.63) is 60.8 Å². The van der Waals surface area contributed by atoms with Gasteiger partial charge in [-0.1, -0.05) is 358 Å². The van der Waals surface area contributed by atoms with Gasteiger partial charge in [-0.3, -0.25) is 14.4 Å². The van der Waals surface area contributed by atoms with Gasteiger partial charge in [0.15, 0.2) is 6.10 Å². The lowest BCUT2D eigenvalue weighted by Crippen LogP contribution is -2.30. The molecule has 0 fully saturated rings. The molecular formula is C75H136O6. The Labute approximate surface area is 504 Å². The van der Waals surface area contributed by atoms with Gasteiger partial charge in [0.2, 0.25) is 0 Å². The van der Waals surface area contributed by atoms with Gasteiger partial charge >= 0.3 is 17.9 Å². The number of allylic oxidation sites excluding steroid dienone is 10. The Morgan fingerprint density at radius 2 is 0.481 bits per heavy atom. The first-order valence-corrected chi connectivity index (χ1v) is 35.8. The van der Waals surface area contributed by atoms with E-state index in [1.807, 2.05) is 0 Å². The maximum atomic E-state index is 13.0. The first-order chi connectivity index (χ1) is 40.0. The Morgan fingerprint density at radius 1 is 0.259 bits per heavy atom. The van der Waals surface area contributed by atoms with Gasteiger partial charge in [-0.05, 0) is 64.2 Å². The van der Waals surface area contributed by atoms with Crippen LogP contribution in [0.1, 0.15) is 380 Å². The Bertz CT molecular complexity index is 1440. The van der Waals surface area contributed by atoms with Gasteiger partial charge in [-0.25, -0.2) is 0 Å². The fraction of sp³-hybridized carbons (Fsp3) is 0.827. The number of hydrogen-bond acceptors (Lipinski definition) is 6. The minimum Gasteiger partial charge on any atom is -0.462 e. The molecular weight excluding hydrogens is 997 g/mol. The van der Waals surface area contributed by atoms with Crippen molar-refractivity contribution < 1.29 is 28.6 Å². The topological polar surface area (TPSA) is 78.9 Å². The zero-order valence-electron chi connectivity index (χ0n) is 54.3. The zero-order chi connectivity index (χ0) is 58.5. The van der Waals surface area contributed by atoms with Crippen LogP contribution in [0.4, 0.5) is 0 Å². The number of unbranched alkanes of at least 4 members (excludes halogenated alkanes) is 45. The van der Waals surface area contributed by atoms with E-state index < -0.39 is 6.10 Å². The summed E-state index contributed by atoms with van der Waals surface area (Å²) in [5.41, 5.74) is 0. The van der Waals surface area contributed by atoms with Crippen LogP contribution in [0.15, 0.2) is 60.8 Å². The molecule has 1 unspecified atom stereocenters. The quantitative estimate of drug-likeness (QED) is 0.0261. The van der Waals surface area contributed by atoms with E-state index in [1.54, 1.807) is 0 Å². The van der Waals surface area contributed by atoms with E-state index in [2.05, 4.69) is 81.5 Å². The second-order valence-corrected chi connectivity index (χ2v) is 24.1. The molecule has 0 N–H and O–H groups in total. The Morgan fingerprint density at radius 3 is 0.753 bits per heavy atom. The summed E-state index contributed by atoms with van der Waals surface area (Å²) in [6.07, 6.45) is 89.6. The van der Waals surface area contributed by atoms with Crippen LogP contribution < -0.4 is 0 Å². The average Bonchev–Trinajstić information content (AvgIpc) is 3.47. The molecule has 0 aliphatic carbocycles. The molecule has 81 heavy (non-hydrogen) atoms. The highest BCUT2D eigenvalue weighted by atomic mass is 16.6. The Balaban J connectivity index is 4.25. The molecule has 472 valence electrons. The van der Waals surface area contributed by atoms with E-state index in [1.165, 1.54) is 250 Å². The molecule has 0 aromatic carbocycles. The number of ether oxygens (including phenoxy) is 3. The molecule has 0 spiro atoms. The summed E-state index contributed by atoms with van der Waals surface area (Å²) >= 11 is 0. The average molecular weight is 1130 g/mol. The van der Waals surface area contributed by atoms with Crippen LogP contribution in [-0.4, -0.2) is 37.2 Å². The van der Waals surface area contributed by atoms with Gasteiger partial charge in [0.25, 0.3) is 0 Å². The number of carbonyl (C=O) groups excluding carboxylic acids is 3. The van der Waals surface area contributed by atoms with Crippen LogP contribution in [0.2, 0.25) is 0 Å². The number of carbonyl (C=O) groups is 3. The summed E-state index contributed by atoms with van der Waals surface area (Å²) in [6, 6.07) is 0. The number of rotatable bonds is 66. The monoisotopic (exact) mass is 1130 g/mol. The Hall–Kier alpha value is -2.89. The largest absolute Gasteiger partial charge is 0.462 e. The molecule has 0 aliphatic heterocycles. The van der Waals surface area contributed by atoms with Gasteiger partial charge in [0.1, 0.15) is 13.2 Å². The molecule has 0 aromatic rings. The molecule has 1 atom stereocenters. The van der Waals surface area contributed by atoms with Crippen LogP contribution in [-0.2, 0) is 28.6 Å². The first kappa shape index (κ1) is 78.1. The molecule has 0 radical (unpaired) electrons. The third kappa shape index (κ3) is 67.8. The van der Waals surface area contributed by atoms with E-state index >= 15 is 0 Å². The van der Waals surface area contributed by atoms with Crippen LogP contribution in [0.5, 0.6) is 0 Å². The summed E-state index contributed by atoms with van der Waals surface area (Å²) in [4.78, 5) is 38.5. The van der Waals surface area contributed by atoms with Crippen molar-refractivity contribution in [1.82, 2.24) is 0 Å². The lowest BCUT2D eigenvalue weighted by Gasteiger charge is -2.18. The summed E-state index contributed by atoms with van der Waals surface area (Å²) in [5.74, 6) is -0.839. The van der Waals surface area contributed by atoms with Gasteiger partial charge in [0, 0.05) is 19.3 Å². The van der Waals surface area contributed by atoms with Crippen molar-refractivity contribution in [3.63, 3.8) is 0 Å². The van der Waals surface area contributed by atoms with Gasteiger partial charge in [-0.15, -0.1) is 0 Å². The minimum absolute atomic E-state index is 0.0672. The number of hydrogen-bond donors (Lipinski definition) is 0. The highest BCUT2D eigenvalue weighted by Crippen LogP contribution is 2.18. The molecule has 0 rings (SSSR count). The van der Waals surface area contributed by atoms with Gasteiger partial charge in [-0.2, -0.15) is 0 Å². The third-order valence-electron chi connectivity index (χ3n) is 16.0. The second kappa shape index (κ2) is 69.6. The van der Waals surface area contributed by atoms with Crippen molar-refractivity contribution >= 4 is 17.9 Å². The molecule has 0 aromatic heterocycles. The van der Waals surface area contributed by atoms with Crippen LogP contribution in [0, 0.1) is 0 Å². The van der Waals surface area contributed by atoms with E-state index in [9.17, 15) is 14.4 Å². The lowest BCUT2D eigenvalue weighted by molar-refractivity contribution is -0.167. The third-order valence-corrected chi connectivity index (χ3v) is 16.0. The van der Waals surface area contributed by atoms with Crippen molar-refractivity contribution in [2.45, 2.75) is 386 Å². The van der Waals surface area contributed by atoms with Crippen molar-refractivity contribution in [2.24, 2.45) is 0 Å². The van der Waals surface area contributed by atoms with Crippen molar-refractivity contribution in [2.75, 3.05) is 13.2 Å². The summed E-state index contributed by atoms with van der Waals surface area (Å²) < 4.78 is 17.0. The predicted octanol–water partition coefficient (Wildman–Crippen LogP) is 24.7. The highest BCUT2D eigenvalue weighted by molar-refractivity contribution is 5.71. The normalized spacial score (nSPS) is 12.4. The lowest BCUT2D eigenvalue weighted by atomic mass is 10.0. The van der Waals surface area contributed by atoms with Crippen LogP contribution in [0.25, 0.3) is 0 Å². The SMILES string of the molecule is CC/C=C\C/C=C\C/C=C\C/C=C\C/C=C\CCCCCCCCCCCCCCCC(=O)OCC(COC(=O)CCCCCCCCCCCCCCCCCCC)OC(=O)CCCCCCCCCCCCCCCCCCC. The summed E-state index contributed by atoms with van der Waals surface area (Å²) in [7, 11) is 0. The van der Waals surface area contributed by atoms with E-state index in [0.29, 0.717) is 19.3 Å². The van der Waals surface area contributed by atoms with Crippen molar-refractivity contribution in [1.29, 1.82) is 0 Å². The zero-order valence-corrected chi connectivity index (χ0v) is 54.3. The number of esters is 3. The second-order valence-electron chi connectivity index (χ2n) is 24.1. The summed E-state index contributed by atoms with van der Waals surface area (Å²) in [5, 5.41) is 0. The Kier molecular flexibility index (Phi) is 67.1. The molecule has 0 saturated carbocycles.